The number of rotatable bonds is 6. The van der Waals surface area contributed by atoms with E-state index in [1.54, 1.807) is 11.0 Å². The van der Waals surface area contributed by atoms with Gasteiger partial charge in [-0.05, 0) is 24.5 Å². The van der Waals surface area contributed by atoms with E-state index in [1.165, 1.54) is 6.07 Å². The summed E-state index contributed by atoms with van der Waals surface area (Å²) in [7, 11) is 0. The Morgan fingerprint density at radius 2 is 1.74 bits per heavy atom. The Labute approximate surface area is 179 Å². The molecule has 0 aromatic heterocycles. The van der Waals surface area contributed by atoms with Crippen LogP contribution >= 0.6 is 0 Å². The molecule has 0 saturated carbocycles. The molecule has 0 unspecified atom stereocenters. The predicted octanol–water partition coefficient (Wildman–Crippen LogP) is 2.46. The van der Waals surface area contributed by atoms with Crippen LogP contribution in [0.3, 0.4) is 0 Å². The Kier molecular flexibility index (Phi) is 6.59. The summed E-state index contributed by atoms with van der Waals surface area (Å²) in [6.45, 7) is 5.44. The smallest absolute Gasteiger partial charge is 0.339 e. The van der Waals surface area contributed by atoms with E-state index in [1.807, 2.05) is 18.7 Å². The highest BCUT2D eigenvalue weighted by Gasteiger charge is 2.49. The van der Waals surface area contributed by atoms with Crippen molar-refractivity contribution in [2.45, 2.75) is 44.9 Å². The van der Waals surface area contributed by atoms with Gasteiger partial charge in [0.1, 0.15) is 12.1 Å². The van der Waals surface area contributed by atoms with Crippen LogP contribution in [0.4, 0.5) is 18.0 Å². The Morgan fingerprint density at radius 1 is 1.10 bits per heavy atom. The molecule has 2 heterocycles. The highest BCUT2D eigenvalue weighted by Crippen LogP contribution is 2.30. The van der Waals surface area contributed by atoms with Gasteiger partial charge < -0.3 is 10.2 Å². The SMILES string of the molecule is CCC1(CC)NC(=O)N(CC(=O)N2CCN(Cc3cccc(C(F)(F)F)c3)CC2)C1=O. The number of imide groups is 1. The lowest BCUT2D eigenvalue weighted by molar-refractivity contribution is -0.140. The maximum Gasteiger partial charge on any atom is 0.416 e. The molecule has 31 heavy (non-hydrogen) atoms. The zero-order valence-corrected chi connectivity index (χ0v) is 17.7. The number of alkyl halides is 3. The number of carbonyl (C=O) groups excluding carboxylic acids is 3. The second-order valence-electron chi connectivity index (χ2n) is 7.97. The molecule has 3 rings (SSSR count). The minimum absolute atomic E-state index is 0.306. The lowest BCUT2D eigenvalue weighted by Crippen LogP contribution is -2.52. The van der Waals surface area contributed by atoms with E-state index in [0.29, 0.717) is 51.1 Å². The van der Waals surface area contributed by atoms with Gasteiger partial charge in [0, 0.05) is 32.7 Å². The summed E-state index contributed by atoms with van der Waals surface area (Å²) < 4.78 is 38.7. The molecule has 7 nitrogen and oxygen atoms in total. The van der Waals surface area contributed by atoms with Crippen molar-refractivity contribution in [3.8, 4) is 0 Å². The van der Waals surface area contributed by atoms with Crippen molar-refractivity contribution in [3.05, 3.63) is 35.4 Å². The van der Waals surface area contributed by atoms with Gasteiger partial charge in [0.25, 0.3) is 5.91 Å². The quantitative estimate of drug-likeness (QED) is 0.690. The average Bonchev–Trinajstić information content (AvgIpc) is 2.98. The van der Waals surface area contributed by atoms with Gasteiger partial charge in [0.2, 0.25) is 5.91 Å². The first-order chi connectivity index (χ1) is 14.6. The normalized spacial score (nSPS) is 19.6. The molecule has 1 aromatic carbocycles. The van der Waals surface area contributed by atoms with Gasteiger partial charge >= 0.3 is 12.2 Å². The van der Waals surface area contributed by atoms with Gasteiger partial charge in [-0.25, -0.2) is 4.79 Å². The number of carbonyl (C=O) groups is 3. The second-order valence-corrected chi connectivity index (χ2v) is 7.97. The Bertz CT molecular complexity index is 847. The van der Waals surface area contributed by atoms with Crippen molar-refractivity contribution in [2.75, 3.05) is 32.7 Å². The van der Waals surface area contributed by atoms with Crippen LogP contribution in [0.5, 0.6) is 0 Å². The molecule has 0 spiro atoms. The third kappa shape index (κ3) is 4.84. The number of nitrogens with one attached hydrogen (secondary N) is 1. The van der Waals surface area contributed by atoms with Crippen LogP contribution in [0.15, 0.2) is 24.3 Å². The molecule has 2 fully saturated rings. The van der Waals surface area contributed by atoms with E-state index >= 15 is 0 Å². The summed E-state index contributed by atoms with van der Waals surface area (Å²) >= 11 is 0. The summed E-state index contributed by atoms with van der Waals surface area (Å²) in [5, 5.41) is 2.70. The molecule has 2 aliphatic heterocycles. The van der Waals surface area contributed by atoms with Crippen molar-refractivity contribution in [2.24, 2.45) is 0 Å². The topological polar surface area (TPSA) is 73.0 Å². The van der Waals surface area contributed by atoms with Gasteiger partial charge in [0.05, 0.1) is 5.56 Å². The number of nitrogens with zero attached hydrogens (tertiary/aromatic N) is 3. The summed E-state index contributed by atoms with van der Waals surface area (Å²) in [5.41, 5.74) is -1.06. The molecule has 4 amide bonds. The molecular formula is C21H27F3N4O3. The molecule has 170 valence electrons. The summed E-state index contributed by atoms with van der Waals surface area (Å²) in [6.07, 6.45) is -3.48. The standard InChI is InChI=1S/C21H27F3N4O3/c1-3-20(4-2)18(30)28(19(31)25-20)14-17(29)27-10-8-26(9-11-27)13-15-6-5-7-16(12-15)21(22,23)24/h5-7,12H,3-4,8-11,13-14H2,1-2H3,(H,25,31). The van der Waals surface area contributed by atoms with Gasteiger partial charge in [-0.3, -0.25) is 19.4 Å². The second kappa shape index (κ2) is 8.86. The van der Waals surface area contributed by atoms with Crippen molar-refractivity contribution >= 4 is 17.8 Å². The number of halogens is 3. The van der Waals surface area contributed by atoms with Crippen LogP contribution in [-0.4, -0.2) is 70.8 Å². The fraction of sp³-hybridized carbons (Fsp3) is 0.571. The molecule has 0 aliphatic carbocycles. The van der Waals surface area contributed by atoms with Gasteiger partial charge in [0.15, 0.2) is 0 Å². The minimum Gasteiger partial charge on any atom is -0.339 e. The summed E-state index contributed by atoms with van der Waals surface area (Å²) in [6, 6.07) is 4.68. The summed E-state index contributed by atoms with van der Waals surface area (Å²) in [5.74, 6) is -0.691. The first-order valence-electron chi connectivity index (χ1n) is 10.4. The molecule has 0 radical (unpaired) electrons. The van der Waals surface area contributed by atoms with Crippen LogP contribution in [0.1, 0.15) is 37.8 Å². The van der Waals surface area contributed by atoms with Crippen LogP contribution in [-0.2, 0) is 22.3 Å². The molecule has 10 heteroatoms. The number of hydrogen-bond acceptors (Lipinski definition) is 4. The number of piperazine rings is 1. The molecule has 0 atom stereocenters. The lowest BCUT2D eigenvalue weighted by Gasteiger charge is -2.35. The van der Waals surface area contributed by atoms with Gasteiger partial charge in [-0.15, -0.1) is 0 Å². The van der Waals surface area contributed by atoms with E-state index < -0.39 is 23.3 Å². The van der Waals surface area contributed by atoms with Crippen molar-refractivity contribution in [3.63, 3.8) is 0 Å². The zero-order chi connectivity index (χ0) is 22.8. The molecule has 1 N–H and O–H groups in total. The van der Waals surface area contributed by atoms with Crippen molar-refractivity contribution in [1.82, 2.24) is 20.0 Å². The number of benzene rings is 1. The number of urea groups is 1. The average molecular weight is 440 g/mol. The third-order valence-electron chi connectivity index (χ3n) is 6.13. The van der Waals surface area contributed by atoms with Crippen LogP contribution in [0.2, 0.25) is 0 Å². The first-order valence-corrected chi connectivity index (χ1v) is 10.4. The predicted molar refractivity (Wildman–Crippen MR) is 107 cm³/mol. The monoisotopic (exact) mass is 440 g/mol. The maximum absolute atomic E-state index is 12.9. The van der Waals surface area contributed by atoms with Gasteiger partial charge in [-0.2, -0.15) is 13.2 Å². The largest absolute Gasteiger partial charge is 0.416 e. The van der Waals surface area contributed by atoms with E-state index in [2.05, 4.69) is 5.32 Å². The van der Waals surface area contributed by atoms with Crippen LogP contribution in [0, 0.1) is 0 Å². The lowest BCUT2D eigenvalue weighted by atomic mass is 9.93. The zero-order valence-electron chi connectivity index (χ0n) is 17.7. The Morgan fingerprint density at radius 3 is 2.29 bits per heavy atom. The first kappa shape index (κ1) is 23.1. The highest BCUT2D eigenvalue weighted by atomic mass is 19.4. The van der Waals surface area contributed by atoms with E-state index in [4.69, 9.17) is 0 Å². The molecular weight excluding hydrogens is 413 g/mol. The maximum atomic E-state index is 12.9. The van der Waals surface area contributed by atoms with E-state index in [-0.39, 0.29) is 18.4 Å². The third-order valence-corrected chi connectivity index (χ3v) is 6.13. The molecule has 1 aromatic rings. The summed E-state index contributed by atoms with van der Waals surface area (Å²) in [4.78, 5) is 42.1. The van der Waals surface area contributed by atoms with E-state index in [9.17, 15) is 27.6 Å². The molecule has 2 saturated heterocycles. The van der Waals surface area contributed by atoms with Crippen molar-refractivity contribution < 1.29 is 27.6 Å². The van der Waals surface area contributed by atoms with Crippen LogP contribution < -0.4 is 5.32 Å². The van der Waals surface area contributed by atoms with Crippen LogP contribution in [0.25, 0.3) is 0 Å². The number of amides is 4. The fourth-order valence-electron chi connectivity index (χ4n) is 4.04. The molecule has 2 aliphatic rings. The Balaban J connectivity index is 1.54. The highest BCUT2D eigenvalue weighted by molar-refractivity contribution is 6.09. The number of hydrogen-bond donors (Lipinski definition) is 1. The minimum atomic E-state index is -4.38. The van der Waals surface area contributed by atoms with Gasteiger partial charge in [-0.1, -0.05) is 32.0 Å². The fourth-order valence-corrected chi connectivity index (χ4v) is 4.04. The Hall–Kier alpha value is -2.62. The van der Waals surface area contributed by atoms with E-state index in [0.717, 1.165) is 17.0 Å². The van der Waals surface area contributed by atoms with Crippen molar-refractivity contribution in [1.29, 1.82) is 0 Å². The molecule has 0 bridgehead atoms.